The quantitative estimate of drug-likeness (QED) is 0.601. The van der Waals surface area contributed by atoms with Crippen LogP contribution in [0, 0.1) is 0 Å². The van der Waals surface area contributed by atoms with Crippen molar-refractivity contribution in [1.82, 2.24) is 4.90 Å². The highest BCUT2D eigenvalue weighted by Crippen LogP contribution is 2.15. The lowest BCUT2D eigenvalue weighted by molar-refractivity contribution is -0.139. The number of rotatable bonds is 5. The van der Waals surface area contributed by atoms with Crippen LogP contribution in [-0.2, 0) is 14.4 Å². The monoisotopic (exact) mass is 194 g/mol. The second-order valence-corrected chi connectivity index (χ2v) is 3.17. The van der Waals surface area contributed by atoms with Crippen molar-refractivity contribution < 1.29 is 14.4 Å². The van der Waals surface area contributed by atoms with E-state index in [1.54, 1.807) is 6.29 Å². The van der Waals surface area contributed by atoms with Gasteiger partial charge in [0.15, 0.2) is 0 Å². The first-order chi connectivity index (χ1) is 6.70. The van der Waals surface area contributed by atoms with Gasteiger partial charge in [-0.25, -0.2) is 0 Å². The van der Waals surface area contributed by atoms with E-state index in [1.165, 1.54) is 12.2 Å². The van der Waals surface area contributed by atoms with Crippen molar-refractivity contribution in [1.29, 1.82) is 0 Å². The molecule has 75 valence electrons. The van der Waals surface area contributed by atoms with Gasteiger partial charge in [-0.2, -0.15) is 0 Å². The van der Waals surface area contributed by atoms with Crippen molar-refractivity contribution in [2.75, 3.05) is 0 Å². The van der Waals surface area contributed by atoms with Crippen LogP contribution in [0.25, 0.3) is 0 Å². The van der Waals surface area contributed by atoms with Crippen LogP contribution in [0.15, 0.2) is 12.2 Å². The van der Waals surface area contributed by atoms with Crippen molar-refractivity contribution in [3.05, 3.63) is 12.2 Å². The molecule has 0 aromatic heterocycles. The smallest absolute Gasteiger partial charge is 0.253 e. The zero-order valence-corrected chi connectivity index (χ0v) is 8.03. The average molecular weight is 194 g/mol. The molecular weight excluding hydrogens is 182 g/mol. The Bertz CT molecular complexity index is 265. The molecule has 0 fully saturated rings. The minimum Gasteiger partial charge on any atom is -0.291 e. The topological polar surface area (TPSA) is 54.5 Å². The first-order valence-electron chi connectivity index (χ1n) is 4.61. The van der Waals surface area contributed by atoms with E-state index in [0.717, 1.165) is 11.3 Å². The van der Waals surface area contributed by atoms with E-state index >= 15 is 0 Å². The molecule has 1 heterocycles. The lowest BCUT2D eigenvalue weighted by atomic mass is 10.1. The van der Waals surface area contributed by atoms with E-state index in [-0.39, 0.29) is 24.3 Å². The van der Waals surface area contributed by atoms with Crippen LogP contribution in [0.4, 0.5) is 0 Å². The molecule has 0 aromatic carbocycles. The third-order valence-corrected chi connectivity index (χ3v) is 2.15. The summed E-state index contributed by atoms with van der Waals surface area (Å²) in [6, 6.07) is -0.326. The van der Waals surface area contributed by atoms with Gasteiger partial charge in [-0.15, -0.1) is 0 Å². The fraction of sp³-hybridized carbons (Fsp3) is 0.500. The standard InChI is InChI=1S/C10H12NO3/c1-2-3-8(6-7-12)11-9(13)4-5-10(11)14/h4-5,8H,2-3,6H2,1H3. The van der Waals surface area contributed by atoms with Crippen LogP contribution in [0.2, 0.25) is 0 Å². The number of carbonyl (C=O) groups is 2. The summed E-state index contributed by atoms with van der Waals surface area (Å²) in [5.74, 6) is -0.660. The van der Waals surface area contributed by atoms with Gasteiger partial charge < -0.3 is 0 Å². The number of nitrogens with zero attached hydrogens (tertiary/aromatic N) is 1. The van der Waals surface area contributed by atoms with Gasteiger partial charge in [0.05, 0.1) is 0 Å². The van der Waals surface area contributed by atoms with Gasteiger partial charge in [-0.3, -0.25) is 19.3 Å². The molecule has 0 aliphatic carbocycles. The zero-order valence-electron chi connectivity index (χ0n) is 8.03. The molecule has 1 rings (SSSR count). The Balaban J connectivity index is 2.72. The highest BCUT2D eigenvalue weighted by atomic mass is 16.2. The molecule has 1 radical (unpaired) electrons. The maximum Gasteiger partial charge on any atom is 0.253 e. The molecule has 0 spiro atoms. The van der Waals surface area contributed by atoms with Crippen molar-refractivity contribution in [3.8, 4) is 0 Å². The molecule has 1 atom stereocenters. The summed E-state index contributed by atoms with van der Waals surface area (Å²) in [4.78, 5) is 33.9. The zero-order chi connectivity index (χ0) is 10.6. The first kappa shape index (κ1) is 10.6. The minimum absolute atomic E-state index is 0.104. The molecule has 0 saturated heterocycles. The molecule has 0 aromatic rings. The second kappa shape index (κ2) is 4.69. The third kappa shape index (κ3) is 2.07. The Kier molecular flexibility index (Phi) is 3.56. The maximum absolute atomic E-state index is 11.3. The Labute approximate surface area is 82.6 Å². The minimum atomic E-state index is -0.330. The molecule has 0 saturated carbocycles. The van der Waals surface area contributed by atoms with Gasteiger partial charge in [-0.05, 0) is 6.42 Å². The van der Waals surface area contributed by atoms with Crippen LogP contribution < -0.4 is 0 Å². The molecule has 1 aliphatic rings. The number of carbonyl (C=O) groups excluding carboxylic acids is 3. The third-order valence-electron chi connectivity index (χ3n) is 2.15. The summed E-state index contributed by atoms with van der Waals surface area (Å²) >= 11 is 0. The summed E-state index contributed by atoms with van der Waals surface area (Å²) in [7, 11) is 0. The molecule has 0 bridgehead atoms. The van der Waals surface area contributed by atoms with E-state index < -0.39 is 0 Å². The van der Waals surface area contributed by atoms with Gasteiger partial charge in [0, 0.05) is 24.6 Å². The molecule has 14 heavy (non-hydrogen) atoms. The summed E-state index contributed by atoms with van der Waals surface area (Å²) in [6.45, 7) is 1.94. The summed E-state index contributed by atoms with van der Waals surface area (Å²) in [6.07, 6.45) is 5.78. The fourth-order valence-corrected chi connectivity index (χ4v) is 1.52. The Morgan fingerprint density at radius 1 is 1.36 bits per heavy atom. The van der Waals surface area contributed by atoms with Gasteiger partial charge in [0.25, 0.3) is 11.8 Å². The molecule has 4 nitrogen and oxygen atoms in total. The van der Waals surface area contributed by atoms with Crippen LogP contribution >= 0.6 is 0 Å². The normalized spacial score (nSPS) is 17.6. The largest absolute Gasteiger partial charge is 0.291 e. The van der Waals surface area contributed by atoms with Crippen molar-refractivity contribution in [3.63, 3.8) is 0 Å². The van der Waals surface area contributed by atoms with Gasteiger partial charge in [-0.1, -0.05) is 13.3 Å². The fourth-order valence-electron chi connectivity index (χ4n) is 1.52. The Morgan fingerprint density at radius 3 is 2.36 bits per heavy atom. The molecule has 2 amide bonds. The van der Waals surface area contributed by atoms with Crippen molar-refractivity contribution >= 4 is 18.1 Å². The lowest BCUT2D eigenvalue weighted by Crippen LogP contribution is -2.40. The van der Waals surface area contributed by atoms with Crippen LogP contribution in [-0.4, -0.2) is 29.0 Å². The molecule has 1 aliphatic heterocycles. The van der Waals surface area contributed by atoms with Gasteiger partial charge in [0.1, 0.15) is 0 Å². The van der Waals surface area contributed by atoms with Gasteiger partial charge in [0.2, 0.25) is 6.29 Å². The number of imide groups is 1. The van der Waals surface area contributed by atoms with Crippen molar-refractivity contribution in [2.24, 2.45) is 0 Å². The predicted octanol–water partition coefficient (Wildman–Crippen LogP) is 0.580. The molecule has 1 unspecified atom stereocenters. The van der Waals surface area contributed by atoms with E-state index in [2.05, 4.69) is 0 Å². The van der Waals surface area contributed by atoms with Crippen LogP contribution in [0.1, 0.15) is 26.2 Å². The maximum atomic E-state index is 11.3. The van der Waals surface area contributed by atoms with Crippen LogP contribution in [0.5, 0.6) is 0 Å². The van der Waals surface area contributed by atoms with E-state index in [1.807, 2.05) is 6.92 Å². The first-order valence-corrected chi connectivity index (χ1v) is 4.61. The number of hydrogen-bond acceptors (Lipinski definition) is 3. The number of hydrogen-bond donors (Lipinski definition) is 0. The number of amides is 2. The highest BCUT2D eigenvalue weighted by molar-refractivity contribution is 6.13. The molecule has 0 N–H and O–H groups in total. The van der Waals surface area contributed by atoms with Gasteiger partial charge >= 0.3 is 0 Å². The van der Waals surface area contributed by atoms with E-state index in [4.69, 9.17) is 0 Å². The lowest BCUT2D eigenvalue weighted by Gasteiger charge is -2.23. The Hall–Kier alpha value is -1.45. The molecule has 4 heteroatoms. The highest BCUT2D eigenvalue weighted by Gasteiger charge is 2.30. The summed E-state index contributed by atoms with van der Waals surface area (Å²) < 4.78 is 0. The van der Waals surface area contributed by atoms with E-state index in [9.17, 15) is 14.4 Å². The predicted molar refractivity (Wildman–Crippen MR) is 50.0 cm³/mol. The summed E-state index contributed by atoms with van der Waals surface area (Å²) in [5, 5.41) is 0. The van der Waals surface area contributed by atoms with Crippen LogP contribution in [0.3, 0.4) is 0 Å². The summed E-state index contributed by atoms with van der Waals surface area (Å²) in [5.41, 5.74) is 0. The average Bonchev–Trinajstić information content (AvgIpc) is 2.46. The SMILES string of the molecule is CCCC(C[C]=O)N1C(=O)C=CC1=O. The second-order valence-electron chi connectivity index (χ2n) is 3.17. The van der Waals surface area contributed by atoms with Crippen molar-refractivity contribution in [2.45, 2.75) is 32.2 Å². The van der Waals surface area contributed by atoms with E-state index in [0.29, 0.717) is 6.42 Å². The Morgan fingerprint density at radius 2 is 1.93 bits per heavy atom. The molecular formula is C10H12NO3.